The minimum atomic E-state index is -5.03. The molecule has 1 aliphatic heterocycles. The van der Waals surface area contributed by atoms with Gasteiger partial charge in [0.15, 0.2) is 5.75 Å². The summed E-state index contributed by atoms with van der Waals surface area (Å²) in [5, 5.41) is 0. The van der Waals surface area contributed by atoms with Crippen LogP contribution in [0.4, 0.5) is 37.1 Å². The fourth-order valence-corrected chi connectivity index (χ4v) is 6.86. The van der Waals surface area contributed by atoms with Crippen LogP contribution < -0.4 is 9.64 Å². The highest BCUT2D eigenvalue weighted by molar-refractivity contribution is 5.72. The number of methoxy groups -OCH3 is 1. The van der Waals surface area contributed by atoms with Crippen molar-refractivity contribution in [1.82, 2.24) is 14.9 Å². The fraction of sp³-hybridized carbons (Fsp3) is 0.629. The summed E-state index contributed by atoms with van der Waals surface area (Å²) < 4.78 is 104. The number of piperidine rings is 1. The molecule has 2 heterocycles. The van der Waals surface area contributed by atoms with E-state index in [1.165, 1.54) is 26.4 Å². The van der Waals surface area contributed by atoms with Crippen LogP contribution in [-0.2, 0) is 42.7 Å². The van der Waals surface area contributed by atoms with Gasteiger partial charge in [-0.3, -0.25) is 9.59 Å². The Morgan fingerprint density at radius 3 is 1.90 bits per heavy atom. The lowest BCUT2D eigenvalue weighted by Gasteiger charge is -2.47. The van der Waals surface area contributed by atoms with Crippen molar-refractivity contribution in [3.63, 3.8) is 0 Å². The Bertz CT molecular complexity index is 1470. The predicted octanol–water partition coefficient (Wildman–Crippen LogP) is 7.35. The molecule has 1 aromatic heterocycles. The average Bonchev–Trinajstić information content (AvgIpc) is 3.11. The first kappa shape index (κ1) is 40.5. The maximum atomic E-state index is 13.8. The molecule has 1 unspecified atom stereocenters. The number of carbonyl (C=O) groups excluding carboxylic acids is 3. The molecule has 1 aromatic carbocycles. The first-order chi connectivity index (χ1) is 24.5. The quantitative estimate of drug-likeness (QED) is 0.0944. The Balaban J connectivity index is 1.62. The van der Waals surface area contributed by atoms with E-state index < -0.39 is 48.1 Å². The predicted molar refractivity (Wildman–Crippen MR) is 174 cm³/mol. The number of anilines is 1. The van der Waals surface area contributed by atoms with E-state index in [1.807, 2.05) is 13.8 Å². The smallest absolute Gasteiger partial charge is 0.416 e. The molecule has 17 heteroatoms. The van der Waals surface area contributed by atoms with Crippen LogP contribution in [0.25, 0.3) is 0 Å². The topological polar surface area (TPSA) is 120 Å². The van der Waals surface area contributed by atoms with Crippen LogP contribution in [0.5, 0.6) is 5.75 Å². The Labute approximate surface area is 297 Å². The average molecular weight is 747 g/mol. The standard InChI is InChI=1S/C35H44F6N4O7/c1-5-26-16-28(17-27(6-2)45(26)33(48)52-29-9-7-23(8-10-29)31(47)49-4)44(32-42-18-30(19-43-32)51-12-11-50-21(3)46)20-22-13-24(34(36,37)38)15-25(14-22)35(39,40)41/h13-15,18-19,23,26-29H,5-12,16-17,20H2,1-4H3/t23-,26-,27+,28?,29-. The number of likely N-dealkylation sites (tertiary alicyclic amines) is 1. The van der Waals surface area contributed by atoms with Crippen LogP contribution in [-0.4, -0.2) is 77.5 Å². The first-order valence-corrected chi connectivity index (χ1v) is 17.2. The SMILES string of the molecule is CC[C@@H]1CC(N(Cc2cc(C(F)(F)F)cc(C(F)(F)F)c2)c2ncc(OCCOC(C)=O)cn2)C[C@H](CC)N1C(=O)O[C@H]1CC[C@H](C(=O)OC)CC1. The summed E-state index contributed by atoms with van der Waals surface area (Å²) in [7, 11) is 1.33. The maximum absolute atomic E-state index is 13.8. The largest absolute Gasteiger partial charge is 0.487 e. The van der Waals surface area contributed by atoms with Crippen LogP contribution in [0.2, 0.25) is 0 Å². The van der Waals surface area contributed by atoms with E-state index in [-0.39, 0.29) is 66.6 Å². The van der Waals surface area contributed by atoms with Crippen molar-refractivity contribution in [2.45, 2.75) is 115 Å². The molecular formula is C35H44F6N4O7. The molecule has 1 aliphatic carbocycles. The highest BCUT2D eigenvalue weighted by Crippen LogP contribution is 2.39. The van der Waals surface area contributed by atoms with Crippen molar-refractivity contribution in [3.05, 3.63) is 47.3 Å². The van der Waals surface area contributed by atoms with Gasteiger partial charge in [0.25, 0.3) is 0 Å². The Morgan fingerprint density at radius 1 is 0.865 bits per heavy atom. The lowest BCUT2D eigenvalue weighted by molar-refractivity contribution is -0.147. The molecule has 2 fully saturated rings. The highest BCUT2D eigenvalue weighted by atomic mass is 19.4. The number of ether oxygens (including phenoxy) is 4. The number of esters is 2. The fourth-order valence-electron chi connectivity index (χ4n) is 6.86. The van der Waals surface area contributed by atoms with Crippen molar-refractivity contribution in [3.8, 4) is 5.75 Å². The van der Waals surface area contributed by atoms with Crippen LogP contribution in [0.3, 0.4) is 0 Å². The van der Waals surface area contributed by atoms with Gasteiger partial charge in [-0.15, -0.1) is 0 Å². The molecule has 11 nitrogen and oxygen atoms in total. The highest BCUT2D eigenvalue weighted by Gasteiger charge is 2.42. The number of nitrogens with zero attached hydrogens (tertiary/aromatic N) is 4. The van der Waals surface area contributed by atoms with Crippen molar-refractivity contribution >= 4 is 24.0 Å². The van der Waals surface area contributed by atoms with Crippen LogP contribution in [0.15, 0.2) is 30.6 Å². The van der Waals surface area contributed by atoms with Gasteiger partial charge in [0.2, 0.25) is 5.95 Å². The first-order valence-electron chi connectivity index (χ1n) is 17.2. The summed E-state index contributed by atoms with van der Waals surface area (Å²) in [5.74, 6) is -0.802. The Morgan fingerprint density at radius 2 is 1.42 bits per heavy atom. The minimum Gasteiger partial charge on any atom is -0.487 e. The number of amides is 1. The van der Waals surface area contributed by atoms with Crippen molar-refractivity contribution in [2.24, 2.45) is 5.92 Å². The molecule has 3 atom stereocenters. The number of hydrogen-bond acceptors (Lipinski definition) is 10. The van der Waals surface area contributed by atoms with Crippen molar-refractivity contribution < 1.29 is 59.7 Å². The normalized spacial score (nSPS) is 22.3. The van der Waals surface area contributed by atoms with Crippen LogP contribution in [0, 0.1) is 5.92 Å². The summed E-state index contributed by atoms with van der Waals surface area (Å²) >= 11 is 0. The van der Waals surface area contributed by atoms with Crippen molar-refractivity contribution in [1.29, 1.82) is 0 Å². The second kappa shape index (κ2) is 17.5. The lowest BCUT2D eigenvalue weighted by atomic mass is 9.87. The van der Waals surface area contributed by atoms with E-state index in [9.17, 15) is 40.7 Å². The second-order valence-corrected chi connectivity index (χ2v) is 13.0. The molecular weight excluding hydrogens is 702 g/mol. The van der Waals surface area contributed by atoms with E-state index in [1.54, 1.807) is 9.80 Å². The van der Waals surface area contributed by atoms with E-state index in [0.29, 0.717) is 63.5 Å². The number of hydrogen-bond donors (Lipinski definition) is 0. The minimum absolute atomic E-state index is 0.00586. The number of carbonyl (C=O) groups is 3. The van der Waals surface area contributed by atoms with E-state index >= 15 is 0 Å². The number of alkyl halides is 6. The summed E-state index contributed by atoms with van der Waals surface area (Å²) in [6.07, 6.45) is -4.71. The number of halogens is 6. The van der Waals surface area contributed by atoms with Gasteiger partial charge in [-0.1, -0.05) is 13.8 Å². The molecule has 1 saturated heterocycles. The van der Waals surface area contributed by atoms with Gasteiger partial charge < -0.3 is 28.7 Å². The lowest BCUT2D eigenvalue weighted by Crippen LogP contribution is -2.57. The Kier molecular flexibility index (Phi) is 13.6. The van der Waals surface area contributed by atoms with Crippen LogP contribution >= 0.6 is 0 Å². The van der Waals surface area contributed by atoms with Gasteiger partial charge in [0, 0.05) is 31.6 Å². The van der Waals surface area contributed by atoms with Gasteiger partial charge in [-0.25, -0.2) is 14.8 Å². The molecule has 0 bridgehead atoms. The molecule has 1 saturated carbocycles. The van der Waals surface area contributed by atoms with Gasteiger partial charge in [0.05, 0.1) is 36.5 Å². The van der Waals surface area contributed by atoms with Crippen LogP contribution in [0.1, 0.15) is 88.8 Å². The zero-order valence-electron chi connectivity index (χ0n) is 29.5. The number of rotatable bonds is 12. The molecule has 2 aliphatic rings. The van der Waals surface area contributed by atoms with E-state index in [2.05, 4.69) is 9.97 Å². The zero-order valence-corrected chi connectivity index (χ0v) is 29.5. The molecule has 2 aromatic rings. The van der Waals surface area contributed by atoms with E-state index in [0.717, 1.165) is 0 Å². The molecule has 288 valence electrons. The number of benzene rings is 1. The van der Waals surface area contributed by atoms with Gasteiger partial charge in [-0.2, -0.15) is 26.3 Å². The maximum Gasteiger partial charge on any atom is 0.416 e. The summed E-state index contributed by atoms with van der Waals surface area (Å²) in [6.45, 7) is 4.57. The van der Waals surface area contributed by atoms with E-state index in [4.69, 9.17) is 18.9 Å². The third-order valence-corrected chi connectivity index (χ3v) is 9.47. The molecule has 0 N–H and O–H groups in total. The third kappa shape index (κ3) is 10.6. The molecule has 0 radical (unpaired) electrons. The zero-order chi connectivity index (χ0) is 38.2. The second-order valence-electron chi connectivity index (χ2n) is 13.0. The molecule has 0 spiro atoms. The summed E-state index contributed by atoms with van der Waals surface area (Å²) in [6, 6.07) is 0.171. The summed E-state index contributed by atoms with van der Waals surface area (Å²) in [5.41, 5.74) is -3.13. The Hall–Kier alpha value is -4.31. The van der Waals surface area contributed by atoms with Gasteiger partial charge in [-0.05, 0) is 75.1 Å². The van der Waals surface area contributed by atoms with Crippen molar-refractivity contribution in [2.75, 3.05) is 25.2 Å². The number of aromatic nitrogens is 2. The molecule has 1 amide bonds. The molecule has 52 heavy (non-hydrogen) atoms. The van der Waals surface area contributed by atoms with Gasteiger partial charge in [0.1, 0.15) is 19.3 Å². The third-order valence-electron chi connectivity index (χ3n) is 9.47. The monoisotopic (exact) mass is 746 g/mol. The molecule has 4 rings (SSSR count). The summed E-state index contributed by atoms with van der Waals surface area (Å²) in [4.78, 5) is 48.6. The van der Waals surface area contributed by atoms with Gasteiger partial charge >= 0.3 is 30.4 Å².